The van der Waals surface area contributed by atoms with E-state index in [-0.39, 0.29) is 32.3 Å². The summed E-state index contributed by atoms with van der Waals surface area (Å²) in [5.74, 6) is -2.50. The van der Waals surface area contributed by atoms with Gasteiger partial charge < -0.3 is 41.2 Å². The van der Waals surface area contributed by atoms with Gasteiger partial charge in [-0.05, 0) is 0 Å². The third-order valence-corrected chi connectivity index (χ3v) is 2.59. The Hall–Kier alpha value is -2.10. The van der Waals surface area contributed by atoms with E-state index in [4.69, 9.17) is 11.5 Å². The molecule has 10 nitrogen and oxygen atoms in total. The Morgan fingerprint density at radius 1 is 0.957 bits per heavy atom. The van der Waals surface area contributed by atoms with Gasteiger partial charge in [0.25, 0.3) is 0 Å². The molecule has 2 aromatic heterocycles. The zero-order valence-electron chi connectivity index (χ0n) is 12.3. The van der Waals surface area contributed by atoms with E-state index in [2.05, 4.69) is 19.9 Å². The van der Waals surface area contributed by atoms with Crippen LogP contribution in [-0.2, 0) is 41.9 Å². The standard InChI is InChI=1S/2C6H9N3O2.Zn/c2*7-5(6(10)11)1-4-2-8-3-9-4;/h2*2-3,5H,1,7H2,(H,8,9)(H,10,11);/q;;+2/p-2/t2*5-;/m00./s1. The Kier molecular flexibility index (Phi) is 9.63. The van der Waals surface area contributed by atoms with Crippen molar-refractivity contribution in [2.45, 2.75) is 24.9 Å². The van der Waals surface area contributed by atoms with Gasteiger partial charge in [-0.2, -0.15) is 0 Å². The van der Waals surface area contributed by atoms with E-state index in [0.717, 1.165) is 0 Å². The molecule has 0 aliphatic rings. The number of aliphatic carboxylic acids is 2. The summed E-state index contributed by atoms with van der Waals surface area (Å²) in [4.78, 5) is 33.2. The summed E-state index contributed by atoms with van der Waals surface area (Å²) in [6.45, 7) is 0. The molecular formula is C12H16N6O4Zn. The first-order valence-electron chi connectivity index (χ1n) is 6.27. The first-order valence-corrected chi connectivity index (χ1v) is 6.27. The zero-order valence-corrected chi connectivity index (χ0v) is 15.2. The molecular weight excluding hydrogens is 358 g/mol. The number of hydrogen-bond acceptors (Lipinski definition) is 8. The molecule has 0 aromatic carbocycles. The van der Waals surface area contributed by atoms with E-state index in [1.165, 1.54) is 25.0 Å². The fourth-order valence-electron chi connectivity index (χ4n) is 1.43. The summed E-state index contributed by atoms with van der Waals surface area (Å²) in [5.41, 5.74) is 11.8. The molecule has 0 aliphatic heterocycles. The number of carbonyl (C=O) groups excluding carboxylic acids is 2. The number of H-pyrrole nitrogens is 2. The number of nitrogens with zero attached hydrogens (tertiary/aromatic N) is 2. The summed E-state index contributed by atoms with van der Waals surface area (Å²) in [6, 6.07) is -1.93. The van der Waals surface area contributed by atoms with Gasteiger partial charge in [-0.25, -0.2) is 9.97 Å². The van der Waals surface area contributed by atoms with Crippen molar-refractivity contribution >= 4 is 11.9 Å². The predicted octanol–water partition coefficient (Wildman–Crippen LogP) is -3.94. The number of aromatic nitrogens is 4. The summed E-state index contributed by atoms with van der Waals surface area (Å²) in [7, 11) is 0. The van der Waals surface area contributed by atoms with Crippen molar-refractivity contribution in [3.63, 3.8) is 0 Å². The van der Waals surface area contributed by atoms with Crippen LogP contribution >= 0.6 is 0 Å². The van der Waals surface area contributed by atoms with Gasteiger partial charge in [0.15, 0.2) is 0 Å². The number of nitrogens with one attached hydrogen (secondary N) is 2. The van der Waals surface area contributed by atoms with Gasteiger partial charge in [0.05, 0.1) is 24.6 Å². The normalized spacial score (nSPS) is 12.3. The predicted molar refractivity (Wildman–Crippen MR) is 70.5 cm³/mol. The van der Waals surface area contributed by atoms with Gasteiger partial charge in [-0.3, -0.25) is 0 Å². The molecule has 0 spiro atoms. The number of aromatic amines is 2. The number of nitrogens with two attached hydrogens (primary N) is 2. The molecule has 0 fully saturated rings. The first-order chi connectivity index (χ1) is 10.4. The number of rotatable bonds is 6. The Labute approximate surface area is 144 Å². The Morgan fingerprint density at radius 2 is 1.30 bits per heavy atom. The monoisotopic (exact) mass is 372 g/mol. The fourth-order valence-corrected chi connectivity index (χ4v) is 1.43. The maximum Gasteiger partial charge on any atom is 2.00 e. The Morgan fingerprint density at radius 3 is 1.52 bits per heavy atom. The van der Waals surface area contributed by atoms with E-state index in [1.54, 1.807) is 0 Å². The van der Waals surface area contributed by atoms with E-state index in [1.807, 2.05) is 0 Å². The fraction of sp³-hybridized carbons (Fsp3) is 0.333. The van der Waals surface area contributed by atoms with Crippen molar-refractivity contribution in [3.8, 4) is 0 Å². The third-order valence-electron chi connectivity index (χ3n) is 2.59. The molecule has 0 radical (unpaired) electrons. The summed E-state index contributed by atoms with van der Waals surface area (Å²) >= 11 is 0. The van der Waals surface area contributed by atoms with Crippen LogP contribution in [-0.4, -0.2) is 44.0 Å². The average molecular weight is 374 g/mol. The van der Waals surface area contributed by atoms with Crippen molar-refractivity contribution in [2.75, 3.05) is 0 Å². The molecule has 0 saturated carbocycles. The van der Waals surface area contributed by atoms with E-state index >= 15 is 0 Å². The summed E-state index contributed by atoms with van der Waals surface area (Å²) in [5, 5.41) is 20.3. The van der Waals surface area contributed by atoms with Gasteiger partial charge in [0.1, 0.15) is 0 Å². The van der Waals surface area contributed by atoms with Gasteiger partial charge in [-0.1, -0.05) is 0 Å². The van der Waals surface area contributed by atoms with Crippen molar-refractivity contribution < 1.29 is 39.3 Å². The molecule has 23 heavy (non-hydrogen) atoms. The van der Waals surface area contributed by atoms with E-state index in [9.17, 15) is 19.8 Å². The van der Waals surface area contributed by atoms with E-state index in [0.29, 0.717) is 11.4 Å². The first kappa shape index (κ1) is 20.9. The molecule has 6 N–H and O–H groups in total. The van der Waals surface area contributed by atoms with Crippen molar-refractivity contribution in [3.05, 3.63) is 36.4 Å². The Bertz CT molecular complexity index is 522. The minimum absolute atomic E-state index is 0. The van der Waals surface area contributed by atoms with Crippen LogP contribution < -0.4 is 21.7 Å². The average Bonchev–Trinajstić information content (AvgIpc) is 3.12. The number of hydrogen-bond donors (Lipinski definition) is 4. The van der Waals surface area contributed by atoms with Gasteiger partial charge in [-0.15, -0.1) is 0 Å². The molecule has 2 heterocycles. The number of carboxylic acids is 2. The van der Waals surface area contributed by atoms with Gasteiger partial charge in [0, 0.05) is 48.7 Å². The van der Waals surface area contributed by atoms with Crippen LogP contribution in [0.4, 0.5) is 0 Å². The van der Waals surface area contributed by atoms with Crippen LogP contribution in [0.15, 0.2) is 25.0 Å². The quantitative estimate of drug-likeness (QED) is 0.369. The third kappa shape index (κ3) is 8.19. The molecule has 0 saturated heterocycles. The van der Waals surface area contributed by atoms with Gasteiger partial charge >= 0.3 is 19.5 Å². The minimum Gasteiger partial charge on any atom is -0.548 e. The smallest absolute Gasteiger partial charge is 0.548 e. The number of carboxylic acid groups (broad SMARTS) is 2. The largest absolute Gasteiger partial charge is 2.00 e. The van der Waals surface area contributed by atoms with Crippen molar-refractivity contribution in [2.24, 2.45) is 11.5 Å². The minimum atomic E-state index is -1.25. The van der Waals surface area contributed by atoms with Crippen LogP contribution in [0.25, 0.3) is 0 Å². The zero-order chi connectivity index (χ0) is 16.5. The van der Waals surface area contributed by atoms with E-state index < -0.39 is 24.0 Å². The molecule has 120 valence electrons. The topological polar surface area (TPSA) is 190 Å². The second kappa shape index (κ2) is 10.6. The van der Waals surface area contributed by atoms with Gasteiger partial charge in [0.2, 0.25) is 0 Å². The molecule has 2 aromatic rings. The van der Waals surface area contributed by atoms with Crippen molar-refractivity contribution in [1.82, 2.24) is 19.9 Å². The Balaban J connectivity index is 0.000000403. The molecule has 0 unspecified atom stereocenters. The summed E-state index contributed by atoms with van der Waals surface area (Å²) < 4.78 is 0. The van der Waals surface area contributed by atoms with Crippen LogP contribution in [0.3, 0.4) is 0 Å². The number of carbonyl (C=O) groups is 2. The van der Waals surface area contributed by atoms with Crippen LogP contribution in [0.1, 0.15) is 11.4 Å². The molecule has 2 atom stereocenters. The molecule has 0 bridgehead atoms. The van der Waals surface area contributed by atoms with Crippen LogP contribution in [0, 0.1) is 0 Å². The maximum atomic E-state index is 10.2. The van der Waals surface area contributed by atoms with Crippen LogP contribution in [0.2, 0.25) is 0 Å². The number of imidazole rings is 2. The second-order valence-electron chi connectivity index (χ2n) is 4.41. The van der Waals surface area contributed by atoms with Crippen LogP contribution in [0.5, 0.6) is 0 Å². The molecule has 0 amide bonds. The second-order valence-corrected chi connectivity index (χ2v) is 4.41. The SMILES string of the molecule is N[C@@H](Cc1cnc[nH]1)C(=O)[O-].N[C@@H](Cc1cnc[nH]1)C(=O)[O-].[Zn+2]. The van der Waals surface area contributed by atoms with Crippen molar-refractivity contribution in [1.29, 1.82) is 0 Å². The molecule has 11 heteroatoms. The maximum absolute atomic E-state index is 10.2. The molecule has 0 aliphatic carbocycles. The molecule has 2 rings (SSSR count). The summed E-state index contributed by atoms with van der Waals surface area (Å²) in [6.07, 6.45) is 6.45.